The maximum absolute atomic E-state index is 13.3. The Morgan fingerprint density at radius 1 is 1.23 bits per heavy atom. The standard InChI is InChI=1S/C24H27FN4O2/c1-16-14-28(15-26-16)22-11-10-20(13-23(22)31-3)27-21-5-4-12-29(24(21)30)17(2)18-6-8-19(25)9-7-18/h6-11,13-15,17,21,27H,4-5,12H2,1-3H3. The summed E-state index contributed by atoms with van der Waals surface area (Å²) in [6.07, 6.45) is 5.35. The third-order valence-corrected chi connectivity index (χ3v) is 5.80. The minimum Gasteiger partial charge on any atom is -0.494 e. The SMILES string of the molecule is COc1cc(NC2CCCN(C(C)c3ccc(F)cc3)C2=O)ccc1-n1cnc(C)c1. The van der Waals surface area contributed by atoms with Gasteiger partial charge in [-0.1, -0.05) is 12.1 Å². The molecular weight excluding hydrogens is 395 g/mol. The van der Waals surface area contributed by atoms with Crippen LogP contribution in [0, 0.1) is 12.7 Å². The molecule has 2 atom stereocenters. The van der Waals surface area contributed by atoms with E-state index in [2.05, 4.69) is 10.3 Å². The fraction of sp³-hybridized carbons (Fsp3) is 0.333. The van der Waals surface area contributed by atoms with Crippen molar-refractivity contribution in [1.82, 2.24) is 14.5 Å². The van der Waals surface area contributed by atoms with Gasteiger partial charge >= 0.3 is 0 Å². The number of hydrogen-bond acceptors (Lipinski definition) is 4. The van der Waals surface area contributed by atoms with Gasteiger partial charge in [-0.25, -0.2) is 9.37 Å². The number of hydrogen-bond donors (Lipinski definition) is 1. The maximum Gasteiger partial charge on any atom is 0.245 e. The molecule has 0 spiro atoms. The van der Waals surface area contributed by atoms with Gasteiger partial charge in [0.1, 0.15) is 17.6 Å². The highest BCUT2D eigenvalue weighted by Crippen LogP contribution is 2.30. The fourth-order valence-corrected chi connectivity index (χ4v) is 4.07. The second-order valence-electron chi connectivity index (χ2n) is 7.91. The van der Waals surface area contributed by atoms with Crippen molar-refractivity contribution >= 4 is 11.6 Å². The summed E-state index contributed by atoms with van der Waals surface area (Å²) in [6.45, 7) is 4.61. The second kappa shape index (κ2) is 8.79. The average Bonchev–Trinajstić information content (AvgIpc) is 3.21. The molecule has 1 fully saturated rings. The Bertz CT molecular complexity index is 1060. The Labute approximate surface area is 181 Å². The van der Waals surface area contributed by atoms with Gasteiger partial charge in [0.2, 0.25) is 5.91 Å². The van der Waals surface area contributed by atoms with Gasteiger partial charge in [-0.15, -0.1) is 0 Å². The number of aryl methyl sites for hydroxylation is 1. The molecule has 1 saturated heterocycles. The van der Waals surface area contributed by atoms with Gasteiger partial charge in [-0.2, -0.15) is 0 Å². The highest BCUT2D eigenvalue weighted by Gasteiger charge is 2.32. The highest BCUT2D eigenvalue weighted by molar-refractivity contribution is 5.86. The lowest BCUT2D eigenvalue weighted by molar-refractivity contribution is -0.136. The van der Waals surface area contributed by atoms with Crippen LogP contribution in [-0.4, -0.2) is 40.1 Å². The van der Waals surface area contributed by atoms with E-state index in [1.165, 1.54) is 12.1 Å². The van der Waals surface area contributed by atoms with Crippen LogP contribution in [0.25, 0.3) is 5.69 Å². The van der Waals surface area contributed by atoms with Crippen molar-refractivity contribution in [2.24, 2.45) is 0 Å². The van der Waals surface area contributed by atoms with Gasteiger partial charge in [0.15, 0.2) is 0 Å². The van der Waals surface area contributed by atoms with Gasteiger partial charge in [-0.3, -0.25) is 4.79 Å². The quantitative estimate of drug-likeness (QED) is 0.636. The normalized spacial score (nSPS) is 17.5. The molecule has 0 aliphatic carbocycles. The number of nitrogens with zero attached hydrogens (tertiary/aromatic N) is 3. The lowest BCUT2D eigenvalue weighted by Gasteiger charge is -2.37. The first kappa shape index (κ1) is 20.9. The lowest BCUT2D eigenvalue weighted by atomic mass is 9.99. The monoisotopic (exact) mass is 422 g/mol. The van der Waals surface area contributed by atoms with Crippen LogP contribution in [0.4, 0.5) is 10.1 Å². The molecule has 0 bridgehead atoms. The van der Waals surface area contributed by atoms with E-state index in [0.29, 0.717) is 12.3 Å². The number of amides is 1. The van der Waals surface area contributed by atoms with Crippen molar-refractivity contribution in [2.75, 3.05) is 19.0 Å². The molecule has 0 radical (unpaired) electrons. The Balaban J connectivity index is 1.51. The summed E-state index contributed by atoms with van der Waals surface area (Å²) < 4.78 is 20.8. The largest absolute Gasteiger partial charge is 0.494 e. The zero-order valence-electron chi connectivity index (χ0n) is 18.0. The molecule has 1 aliphatic heterocycles. The molecule has 31 heavy (non-hydrogen) atoms. The molecule has 2 unspecified atom stereocenters. The smallest absolute Gasteiger partial charge is 0.245 e. The molecule has 3 aromatic rings. The van der Waals surface area contributed by atoms with Crippen molar-refractivity contribution in [2.45, 2.75) is 38.8 Å². The van der Waals surface area contributed by atoms with Crippen LogP contribution in [-0.2, 0) is 4.79 Å². The van der Waals surface area contributed by atoms with E-state index < -0.39 is 0 Å². The molecular formula is C24H27FN4O2. The maximum atomic E-state index is 13.3. The molecule has 1 N–H and O–H groups in total. The Morgan fingerprint density at radius 2 is 2.00 bits per heavy atom. The predicted molar refractivity (Wildman–Crippen MR) is 118 cm³/mol. The van der Waals surface area contributed by atoms with E-state index in [1.54, 1.807) is 25.6 Å². The Morgan fingerprint density at radius 3 is 2.68 bits per heavy atom. The molecule has 2 heterocycles. The van der Waals surface area contributed by atoms with Gasteiger partial charge in [-0.05, 0) is 56.5 Å². The number of methoxy groups -OCH3 is 1. The number of carbonyl (C=O) groups is 1. The third kappa shape index (κ3) is 4.40. The van der Waals surface area contributed by atoms with E-state index in [-0.39, 0.29) is 23.8 Å². The van der Waals surface area contributed by atoms with Crippen molar-refractivity contribution in [3.63, 3.8) is 0 Å². The van der Waals surface area contributed by atoms with Crippen molar-refractivity contribution in [3.05, 3.63) is 72.1 Å². The zero-order chi connectivity index (χ0) is 22.0. The van der Waals surface area contributed by atoms with Gasteiger partial charge in [0.25, 0.3) is 0 Å². The van der Waals surface area contributed by atoms with Crippen LogP contribution in [0.2, 0.25) is 0 Å². The van der Waals surface area contributed by atoms with E-state index in [4.69, 9.17) is 4.74 Å². The number of ether oxygens (including phenoxy) is 1. The number of rotatable bonds is 6. The average molecular weight is 423 g/mol. The lowest BCUT2D eigenvalue weighted by Crippen LogP contribution is -2.48. The number of benzene rings is 2. The third-order valence-electron chi connectivity index (χ3n) is 5.80. The number of halogens is 1. The van der Waals surface area contributed by atoms with Gasteiger partial charge in [0, 0.05) is 24.5 Å². The second-order valence-corrected chi connectivity index (χ2v) is 7.91. The molecule has 1 amide bonds. The molecule has 4 rings (SSSR count). The van der Waals surface area contributed by atoms with Crippen LogP contribution in [0.3, 0.4) is 0 Å². The predicted octanol–water partition coefficient (Wildman–Crippen LogP) is 4.49. The highest BCUT2D eigenvalue weighted by atomic mass is 19.1. The molecule has 6 nitrogen and oxygen atoms in total. The number of nitrogens with one attached hydrogen (secondary N) is 1. The van der Waals surface area contributed by atoms with Crippen LogP contribution < -0.4 is 10.1 Å². The summed E-state index contributed by atoms with van der Waals surface area (Å²) in [7, 11) is 1.63. The number of piperidine rings is 1. The first-order chi connectivity index (χ1) is 15.0. The Kier molecular flexibility index (Phi) is 5.93. The van der Waals surface area contributed by atoms with Crippen LogP contribution in [0.5, 0.6) is 5.75 Å². The van der Waals surface area contributed by atoms with Crippen LogP contribution >= 0.6 is 0 Å². The number of anilines is 1. The summed E-state index contributed by atoms with van der Waals surface area (Å²) in [5.74, 6) is 0.474. The molecule has 162 valence electrons. The fourth-order valence-electron chi connectivity index (χ4n) is 4.07. The Hall–Kier alpha value is -3.35. The van der Waals surface area contributed by atoms with Gasteiger partial charge < -0.3 is 19.5 Å². The van der Waals surface area contributed by atoms with E-state index in [1.807, 2.05) is 47.7 Å². The van der Waals surface area contributed by atoms with Crippen LogP contribution in [0.1, 0.15) is 37.1 Å². The minimum atomic E-state index is -0.317. The zero-order valence-corrected chi connectivity index (χ0v) is 18.0. The molecule has 1 aliphatic rings. The van der Waals surface area contributed by atoms with Gasteiger partial charge in [0.05, 0.1) is 30.9 Å². The number of aromatic nitrogens is 2. The van der Waals surface area contributed by atoms with E-state index >= 15 is 0 Å². The molecule has 1 aromatic heterocycles. The van der Waals surface area contributed by atoms with Crippen molar-refractivity contribution < 1.29 is 13.9 Å². The summed E-state index contributed by atoms with van der Waals surface area (Å²) in [5.41, 5.74) is 3.56. The van der Waals surface area contributed by atoms with E-state index in [9.17, 15) is 9.18 Å². The summed E-state index contributed by atoms with van der Waals surface area (Å²) in [5, 5.41) is 3.38. The summed E-state index contributed by atoms with van der Waals surface area (Å²) >= 11 is 0. The first-order valence-electron chi connectivity index (χ1n) is 10.5. The minimum absolute atomic E-state index is 0.0522. The number of likely N-dealkylation sites (tertiary alicyclic amines) is 1. The van der Waals surface area contributed by atoms with Crippen molar-refractivity contribution in [3.8, 4) is 11.4 Å². The molecule has 2 aromatic carbocycles. The van der Waals surface area contributed by atoms with E-state index in [0.717, 1.165) is 35.5 Å². The van der Waals surface area contributed by atoms with Crippen molar-refractivity contribution in [1.29, 1.82) is 0 Å². The number of carbonyl (C=O) groups excluding carboxylic acids is 1. The first-order valence-corrected chi connectivity index (χ1v) is 10.5. The molecule has 0 saturated carbocycles. The van der Waals surface area contributed by atoms with Crippen LogP contribution in [0.15, 0.2) is 55.0 Å². The summed E-state index contributed by atoms with van der Waals surface area (Å²) in [6, 6.07) is 11.7. The molecule has 7 heteroatoms. The number of imidazole rings is 1. The topological polar surface area (TPSA) is 59.4 Å². The summed E-state index contributed by atoms with van der Waals surface area (Å²) in [4.78, 5) is 19.3.